The zero-order chi connectivity index (χ0) is 34.2. The lowest BCUT2D eigenvalue weighted by atomic mass is 9.94. The number of para-hydroxylation sites is 4. The molecule has 2 aromatic heterocycles. The molecule has 2 heteroatoms. The summed E-state index contributed by atoms with van der Waals surface area (Å²) in [6.45, 7) is 0. The van der Waals surface area contributed by atoms with Gasteiger partial charge >= 0.3 is 0 Å². The third-order valence-electron chi connectivity index (χ3n) is 10.9. The number of hydrogen-bond acceptors (Lipinski definition) is 0. The third kappa shape index (κ3) is 4.38. The van der Waals surface area contributed by atoms with Gasteiger partial charge < -0.3 is 9.13 Å². The van der Waals surface area contributed by atoms with Crippen molar-refractivity contribution in [2.45, 2.75) is 0 Å². The maximum atomic E-state index is 2.37. The molecule has 52 heavy (non-hydrogen) atoms. The van der Waals surface area contributed by atoms with E-state index in [1.165, 1.54) is 98.8 Å². The molecule has 0 aliphatic heterocycles. The fraction of sp³-hybridized carbons (Fsp3) is 0. The Balaban J connectivity index is 0.989. The standard InChI is InChI=1S/C50H32N2/c1-3-11-39(12-4-1)51-47-17-9-7-15-43(47)45-31-35(23-27-49(45)51)33-21-25-41-37(29-33)19-20-38-30-34(22-26-42(38)41)36-24-28-50-46(32-36)44-16-8-10-18-48(44)52(50)40-13-5-2-6-14-40/h1-32H. The van der Waals surface area contributed by atoms with Crippen LogP contribution in [0.3, 0.4) is 0 Å². The maximum absolute atomic E-state index is 2.37. The minimum absolute atomic E-state index is 1.18. The monoisotopic (exact) mass is 660 g/mol. The maximum Gasteiger partial charge on any atom is 0.0541 e. The van der Waals surface area contributed by atoms with Crippen molar-refractivity contribution in [3.05, 3.63) is 194 Å². The van der Waals surface area contributed by atoms with E-state index >= 15 is 0 Å². The lowest BCUT2D eigenvalue weighted by molar-refractivity contribution is 1.18. The SMILES string of the molecule is c1ccc(-n2c3ccccc3c3cc(-c4ccc5c(ccc6cc(-c7ccc8c(c7)c7ccccc7n8-c7ccccc7)ccc65)c4)ccc32)cc1. The molecule has 0 bridgehead atoms. The first kappa shape index (κ1) is 28.9. The molecule has 0 fully saturated rings. The van der Waals surface area contributed by atoms with Crippen molar-refractivity contribution < 1.29 is 0 Å². The van der Waals surface area contributed by atoms with Crippen LogP contribution in [0.5, 0.6) is 0 Å². The molecule has 2 heterocycles. The molecule has 0 atom stereocenters. The van der Waals surface area contributed by atoms with E-state index in [1.54, 1.807) is 0 Å². The molecule has 2 nitrogen and oxygen atoms in total. The summed E-state index contributed by atoms with van der Waals surface area (Å²) in [5.74, 6) is 0. The van der Waals surface area contributed by atoms with Gasteiger partial charge in [0.15, 0.2) is 0 Å². The number of fused-ring (bicyclic) bond motifs is 9. The Morgan fingerprint density at radius 3 is 1.06 bits per heavy atom. The van der Waals surface area contributed by atoms with Crippen molar-refractivity contribution in [3.8, 4) is 33.6 Å². The molecule has 242 valence electrons. The van der Waals surface area contributed by atoms with Crippen LogP contribution >= 0.6 is 0 Å². The number of benzene rings is 9. The van der Waals surface area contributed by atoms with E-state index in [2.05, 4.69) is 203 Å². The van der Waals surface area contributed by atoms with Gasteiger partial charge in [0.2, 0.25) is 0 Å². The first-order valence-electron chi connectivity index (χ1n) is 17.9. The molecule has 0 unspecified atom stereocenters. The molecule has 0 amide bonds. The van der Waals surface area contributed by atoms with Crippen molar-refractivity contribution >= 4 is 65.2 Å². The van der Waals surface area contributed by atoms with Crippen molar-refractivity contribution in [2.24, 2.45) is 0 Å². The second kappa shape index (κ2) is 11.3. The Hall–Kier alpha value is -6.90. The van der Waals surface area contributed by atoms with Crippen LogP contribution in [0.1, 0.15) is 0 Å². The van der Waals surface area contributed by atoms with E-state index in [4.69, 9.17) is 0 Å². The third-order valence-corrected chi connectivity index (χ3v) is 10.9. The van der Waals surface area contributed by atoms with Crippen LogP contribution in [0.15, 0.2) is 194 Å². The Kier molecular flexibility index (Phi) is 6.28. The summed E-state index contributed by atoms with van der Waals surface area (Å²) in [5, 5.41) is 10.1. The molecule has 0 N–H and O–H groups in total. The lowest BCUT2D eigenvalue weighted by Gasteiger charge is -2.11. The largest absolute Gasteiger partial charge is 0.309 e. The Morgan fingerprint density at radius 1 is 0.231 bits per heavy atom. The lowest BCUT2D eigenvalue weighted by Crippen LogP contribution is -1.92. The number of nitrogens with zero attached hydrogens (tertiary/aromatic N) is 2. The van der Waals surface area contributed by atoms with Gasteiger partial charge in [0.1, 0.15) is 0 Å². The topological polar surface area (TPSA) is 9.86 Å². The summed E-state index contributed by atoms with van der Waals surface area (Å²) in [6.07, 6.45) is 0. The van der Waals surface area contributed by atoms with Gasteiger partial charge in [0.05, 0.1) is 22.1 Å². The van der Waals surface area contributed by atoms with Crippen molar-refractivity contribution in [2.75, 3.05) is 0 Å². The predicted octanol–water partition coefficient (Wildman–Crippen LogP) is 13.5. The van der Waals surface area contributed by atoms with Crippen LogP contribution in [0.25, 0.3) is 98.8 Å². The Bertz CT molecular complexity index is 2950. The fourth-order valence-electron chi connectivity index (χ4n) is 8.45. The van der Waals surface area contributed by atoms with Gasteiger partial charge in [0.25, 0.3) is 0 Å². The molecule has 0 saturated heterocycles. The van der Waals surface area contributed by atoms with Crippen molar-refractivity contribution in [1.82, 2.24) is 9.13 Å². The van der Waals surface area contributed by atoms with Crippen LogP contribution in [0, 0.1) is 0 Å². The highest BCUT2D eigenvalue weighted by atomic mass is 15.0. The van der Waals surface area contributed by atoms with Crippen LogP contribution in [-0.2, 0) is 0 Å². The molecule has 11 rings (SSSR count). The average Bonchev–Trinajstić information content (AvgIpc) is 3.73. The molecule has 0 aliphatic rings. The number of aromatic nitrogens is 2. The van der Waals surface area contributed by atoms with Gasteiger partial charge in [-0.1, -0.05) is 121 Å². The highest BCUT2D eigenvalue weighted by Crippen LogP contribution is 2.38. The van der Waals surface area contributed by atoms with E-state index in [0.29, 0.717) is 0 Å². The highest BCUT2D eigenvalue weighted by Gasteiger charge is 2.15. The van der Waals surface area contributed by atoms with Crippen molar-refractivity contribution in [1.29, 1.82) is 0 Å². The predicted molar refractivity (Wildman–Crippen MR) is 221 cm³/mol. The summed E-state index contributed by atoms with van der Waals surface area (Å²) in [7, 11) is 0. The molecular weight excluding hydrogens is 629 g/mol. The minimum Gasteiger partial charge on any atom is -0.309 e. The molecule has 0 spiro atoms. The van der Waals surface area contributed by atoms with Gasteiger partial charge in [-0.05, 0) is 117 Å². The Labute approximate surface area is 301 Å². The fourth-order valence-corrected chi connectivity index (χ4v) is 8.45. The minimum atomic E-state index is 1.18. The van der Waals surface area contributed by atoms with Gasteiger partial charge in [-0.15, -0.1) is 0 Å². The summed E-state index contributed by atoms with van der Waals surface area (Å²) in [4.78, 5) is 0. The van der Waals surface area contributed by atoms with Gasteiger partial charge in [-0.2, -0.15) is 0 Å². The first-order valence-corrected chi connectivity index (χ1v) is 17.9. The molecule has 9 aromatic carbocycles. The smallest absolute Gasteiger partial charge is 0.0541 e. The van der Waals surface area contributed by atoms with Crippen LogP contribution in [0.4, 0.5) is 0 Å². The molecule has 0 saturated carbocycles. The molecule has 11 aromatic rings. The van der Waals surface area contributed by atoms with Crippen LogP contribution in [-0.4, -0.2) is 9.13 Å². The normalized spacial score (nSPS) is 11.8. The van der Waals surface area contributed by atoms with E-state index < -0.39 is 0 Å². The van der Waals surface area contributed by atoms with Gasteiger partial charge in [-0.3, -0.25) is 0 Å². The van der Waals surface area contributed by atoms with E-state index in [0.717, 1.165) is 0 Å². The van der Waals surface area contributed by atoms with Crippen LogP contribution in [0.2, 0.25) is 0 Å². The van der Waals surface area contributed by atoms with E-state index in [1.807, 2.05) is 0 Å². The quantitative estimate of drug-likeness (QED) is 0.166. The summed E-state index contributed by atoms with van der Waals surface area (Å²) >= 11 is 0. The summed E-state index contributed by atoms with van der Waals surface area (Å²) in [5.41, 5.74) is 12.2. The van der Waals surface area contributed by atoms with Crippen molar-refractivity contribution in [3.63, 3.8) is 0 Å². The van der Waals surface area contributed by atoms with Crippen LogP contribution < -0.4 is 0 Å². The zero-order valence-corrected chi connectivity index (χ0v) is 28.4. The molecular formula is C50H32N2. The first-order chi connectivity index (χ1) is 25.8. The zero-order valence-electron chi connectivity index (χ0n) is 28.4. The van der Waals surface area contributed by atoms with E-state index in [-0.39, 0.29) is 0 Å². The molecule has 0 aliphatic carbocycles. The number of hydrogen-bond donors (Lipinski definition) is 0. The number of rotatable bonds is 4. The average molecular weight is 661 g/mol. The van der Waals surface area contributed by atoms with E-state index in [9.17, 15) is 0 Å². The van der Waals surface area contributed by atoms with Gasteiger partial charge in [-0.25, -0.2) is 0 Å². The summed E-state index contributed by atoms with van der Waals surface area (Å²) < 4.78 is 4.74. The second-order valence-electron chi connectivity index (χ2n) is 13.8. The highest BCUT2D eigenvalue weighted by molar-refractivity contribution is 6.13. The van der Waals surface area contributed by atoms with Gasteiger partial charge in [0, 0.05) is 32.9 Å². The molecule has 0 radical (unpaired) electrons. The Morgan fingerprint density at radius 2 is 0.596 bits per heavy atom. The summed E-state index contributed by atoms with van der Waals surface area (Å²) in [6, 6.07) is 71.0. The second-order valence-corrected chi connectivity index (χ2v) is 13.8.